The Morgan fingerprint density at radius 3 is 2.30 bits per heavy atom. The Morgan fingerprint density at radius 2 is 1.70 bits per heavy atom. The van der Waals surface area contributed by atoms with E-state index in [0.717, 1.165) is 5.56 Å². The third-order valence-corrected chi connectivity index (χ3v) is 5.15. The second-order valence-corrected chi connectivity index (χ2v) is 7.96. The fourth-order valence-corrected chi connectivity index (χ4v) is 3.33. The zero-order valence-corrected chi connectivity index (χ0v) is 16.4. The van der Waals surface area contributed by atoms with Gasteiger partial charge in [-0.05, 0) is 44.2 Å². The van der Waals surface area contributed by atoms with Crippen molar-refractivity contribution in [1.82, 2.24) is 4.90 Å². The first-order valence-corrected chi connectivity index (χ1v) is 9.70. The van der Waals surface area contributed by atoms with Crippen molar-refractivity contribution < 1.29 is 22.7 Å². The van der Waals surface area contributed by atoms with Gasteiger partial charge in [0.15, 0.2) is 6.10 Å². The first kappa shape index (κ1) is 20.4. The summed E-state index contributed by atoms with van der Waals surface area (Å²) in [4.78, 5) is 25.5. The lowest BCUT2D eigenvalue weighted by molar-refractivity contribution is -0.137. The van der Waals surface area contributed by atoms with Crippen molar-refractivity contribution in [1.29, 1.82) is 0 Å². The highest BCUT2D eigenvalue weighted by Crippen LogP contribution is 2.18. The van der Waals surface area contributed by atoms with Gasteiger partial charge < -0.3 is 9.64 Å². The number of carbonyl (C=O) groups excluding carboxylic acids is 2. The van der Waals surface area contributed by atoms with Gasteiger partial charge >= 0.3 is 5.97 Å². The third kappa shape index (κ3) is 5.30. The van der Waals surface area contributed by atoms with Crippen molar-refractivity contribution in [3.05, 3.63) is 59.7 Å². The number of ether oxygens (including phenoxy) is 1. The molecule has 0 heterocycles. The van der Waals surface area contributed by atoms with Crippen molar-refractivity contribution in [2.24, 2.45) is 0 Å². The van der Waals surface area contributed by atoms with Crippen LogP contribution in [0.5, 0.6) is 0 Å². The summed E-state index contributed by atoms with van der Waals surface area (Å²) in [7, 11) is -0.658. The molecular formula is C19H22N2O5S. The second kappa shape index (κ2) is 8.22. The molecule has 0 saturated heterocycles. The summed E-state index contributed by atoms with van der Waals surface area (Å²) in [6.07, 6.45) is -0.944. The van der Waals surface area contributed by atoms with Crippen molar-refractivity contribution >= 4 is 27.6 Å². The summed E-state index contributed by atoms with van der Waals surface area (Å²) in [5, 5.41) is 0. The number of aryl methyl sites for hydroxylation is 1. The molecule has 0 saturated carbocycles. The minimum absolute atomic E-state index is 0.117. The molecule has 1 N–H and O–H groups in total. The van der Waals surface area contributed by atoms with Gasteiger partial charge in [0, 0.05) is 19.8 Å². The zero-order valence-electron chi connectivity index (χ0n) is 15.6. The summed E-state index contributed by atoms with van der Waals surface area (Å²) in [6, 6.07) is 12.3. The van der Waals surface area contributed by atoms with Crippen LogP contribution in [0.1, 0.15) is 22.8 Å². The van der Waals surface area contributed by atoms with Crippen LogP contribution >= 0.6 is 0 Å². The predicted octanol–water partition coefficient (Wildman–Crippen LogP) is 2.43. The van der Waals surface area contributed by atoms with Crippen LogP contribution in [0.2, 0.25) is 0 Å². The van der Waals surface area contributed by atoms with E-state index in [1.54, 1.807) is 26.2 Å². The van der Waals surface area contributed by atoms with E-state index in [-0.39, 0.29) is 22.1 Å². The lowest BCUT2D eigenvalue weighted by atomic mass is 10.2. The highest BCUT2D eigenvalue weighted by Gasteiger charge is 2.21. The maximum atomic E-state index is 12.5. The lowest BCUT2D eigenvalue weighted by Gasteiger charge is -2.17. The van der Waals surface area contributed by atoms with Crippen LogP contribution in [0, 0.1) is 6.92 Å². The SMILES string of the molecule is Cc1ccc(S(=O)(=O)Nc2cccc(C(=O)O[C@H](C)C(=O)N(C)C)c2)cc1. The van der Waals surface area contributed by atoms with E-state index in [2.05, 4.69) is 4.72 Å². The summed E-state index contributed by atoms with van der Waals surface area (Å²) in [5.74, 6) is -1.06. The van der Waals surface area contributed by atoms with Crippen molar-refractivity contribution in [2.45, 2.75) is 24.8 Å². The molecule has 0 aromatic heterocycles. The first-order valence-electron chi connectivity index (χ1n) is 8.22. The lowest BCUT2D eigenvalue weighted by Crippen LogP contribution is -2.34. The van der Waals surface area contributed by atoms with Crippen LogP contribution in [0.15, 0.2) is 53.4 Å². The van der Waals surface area contributed by atoms with Gasteiger partial charge in [-0.25, -0.2) is 13.2 Å². The average Bonchev–Trinajstić information content (AvgIpc) is 2.61. The van der Waals surface area contributed by atoms with Gasteiger partial charge in [-0.2, -0.15) is 0 Å². The van der Waals surface area contributed by atoms with Crippen LogP contribution in [-0.4, -0.2) is 45.4 Å². The zero-order chi connectivity index (χ0) is 20.2. The number of sulfonamides is 1. The molecule has 1 amide bonds. The molecule has 0 unspecified atom stereocenters. The molecule has 1 atom stereocenters. The standard InChI is InChI=1S/C19H22N2O5S/c1-13-8-10-17(11-9-13)27(24,25)20-16-7-5-6-15(12-16)19(23)26-14(2)18(22)21(3)4/h5-12,14,20H,1-4H3/t14-/m1/s1. The number of benzene rings is 2. The third-order valence-electron chi connectivity index (χ3n) is 3.75. The fourth-order valence-electron chi connectivity index (χ4n) is 2.28. The van der Waals surface area contributed by atoms with E-state index in [9.17, 15) is 18.0 Å². The summed E-state index contributed by atoms with van der Waals surface area (Å²) >= 11 is 0. The van der Waals surface area contributed by atoms with Crippen LogP contribution in [0.25, 0.3) is 0 Å². The molecule has 2 aromatic carbocycles. The predicted molar refractivity (Wildman–Crippen MR) is 102 cm³/mol. The van der Waals surface area contributed by atoms with Crippen LogP contribution in [-0.2, 0) is 19.6 Å². The molecule has 2 aromatic rings. The molecule has 27 heavy (non-hydrogen) atoms. The number of likely N-dealkylation sites (N-methyl/N-ethyl adjacent to an activating group) is 1. The van der Waals surface area contributed by atoms with Gasteiger partial charge in [0.1, 0.15) is 0 Å². The monoisotopic (exact) mass is 390 g/mol. The van der Waals surface area contributed by atoms with E-state index < -0.39 is 22.1 Å². The Bertz CT molecular complexity index is 937. The number of rotatable bonds is 6. The molecule has 0 bridgehead atoms. The molecule has 0 fully saturated rings. The van der Waals surface area contributed by atoms with Gasteiger partial charge in [0.25, 0.3) is 15.9 Å². The van der Waals surface area contributed by atoms with Gasteiger partial charge in [-0.1, -0.05) is 23.8 Å². The topological polar surface area (TPSA) is 92.8 Å². The maximum Gasteiger partial charge on any atom is 0.338 e. The van der Waals surface area contributed by atoms with E-state index in [4.69, 9.17) is 4.74 Å². The van der Waals surface area contributed by atoms with Crippen molar-refractivity contribution in [3.8, 4) is 0 Å². The maximum absolute atomic E-state index is 12.5. The number of nitrogens with zero attached hydrogens (tertiary/aromatic N) is 1. The first-order chi connectivity index (χ1) is 12.6. The fraction of sp³-hybridized carbons (Fsp3) is 0.263. The molecule has 0 radical (unpaired) electrons. The number of anilines is 1. The second-order valence-electron chi connectivity index (χ2n) is 6.28. The summed E-state index contributed by atoms with van der Waals surface area (Å²) in [5.41, 5.74) is 1.30. The minimum Gasteiger partial charge on any atom is -0.449 e. The number of amides is 1. The number of esters is 1. The van der Waals surface area contributed by atoms with Gasteiger partial charge in [0.2, 0.25) is 0 Å². The number of nitrogens with one attached hydrogen (secondary N) is 1. The molecule has 0 aliphatic heterocycles. The summed E-state index contributed by atoms with van der Waals surface area (Å²) in [6.45, 7) is 3.34. The van der Waals surface area contributed by atoms with Crippen molar-refractivity contribution in [3.63, 3.8) is 0 Å². The minimum atomic E-state index is -3.78. The number of carbonyl (C=O) groups is 2. The van der Waals surface area contributed by atoms with E-state index >= 15 is 0 Å². The van der Waals surface area contributed by atoms with Crippen LogP contribution in [0.4, 0.5) is 5.69 Å². The molecule has 7 nitrogen and oxygen atoms in total. The molecule has 8 heteroatoms. The quantitative estimate of drug-likeness (QED) is 0.765. The van der Waals surface area contributed by atoms with E-state index in [1.165, 1.54) is 48.2 Å². The Morgan fingerprint density at radius 1 is 1.07 bits per heavy atom. The van der Waals surface area contributed by atoms with E-state index in [0.29, 0.717) is 0 Å². The van der Waals surface area contributed by atoms with Gasteiger partial charge in [-0.15, -0.1) is 0 Å². The Kier molecular flexibility index (Phi) is 6.22. The Hall–Kier alpha value is -2.87. The molecule has 0 aliphatic rings. The average molecular weight is 390 g/mol. The molecule has 2 rings (SSSR count). The van der Waals surface area contributed by atoms with Crippen LogP contribution < -0.4 is 4.72 Å². The molecule has 144 valence electrons. The largest absolute Gasteiger partial charge is 0.449 e. The van der Waals surface area contributed by atoms with Gasteiger partial charge in [0.05, 0.1) is 10.5 Å². The van der Waals surface area contributed by atoms with Crippen molar-refractivity contribution in [2.75, 3.05) is 18.8 Å². The smallest absolute Gasteiger partial charge is 0.338 e. The highest BCUT2D eigenvalue weighted by molar-refractivity contribution is 7.92. The molecular weight excluding hydrogens is 368 g/mol. The number of hydrogen-bond acceptors (Lipinski definition) is 5. The van der Waals surface area contributed by atoms with Crippen LogP contribution in [0.3, 0.4) is 0 Å². The molecule has 0 aliphatic carbocycles. The summed E-state index contributed by atoms with van der Waals surface area (Å²) < 4.78 is 32.5. The Labute approximate surface area is 159 Å². The van der Waals surface area contributed by atoms with Gasteiger partial charge in [-0.3, -0.25) is 9.52 Å². The number of hydrogen-bond donors (Lipinski definition) is 1. The molecule has 0 spiro atoms. The Balaban J connectivity index is 2.16. The highest BCUT2D eigenvalue weighted by atomic mass is 32.2. The van der Waals surface area contributed by atoms with E-state index in [1.807, 2.05) is 6.92 Å². The normalized spacial score (nSPS) is 12.1.